The van der Waals surface area contributed by atoms with Crippen LogP contribution in [0.2, 0.25) is 0 Å². The zero-order valence-corrected chi connectivity index (χ0v) is 18.2. The van der Waals surface area contributed by atoms with Gasteiger partial charge in [0, 0.05) is 34.5 Å². The molecule has 0 bridgehead atoms. The first-order chi connectivity index (χ1) is 16.8. The Hall–Kier alpha value is -4.46. The number of aromatic nitrogens is 1. The van der Waals surface area contributed by atoms with Crippen molar-refractivity contribution in [2.24, 2.45) is 0 Å². The predicted octanol–water partition coefficient (Wildman–Crippen LogP) is 6.19. The summed E-state index contributed by atoms with van der Waals surface area (Å²) < 4.78 is 44.5. The number of carbonyl (C=O) groups is 2. The van der Waals surface area contributed by atoms with Gasteiger partial charge in [0.15, 0.2) is 0 Å². The Morgan fingerprint density at radius 1 is 0.914 bits per heavy atom. The van der Waals surface area contributed by atoms with Gasteiger partial charge >= 0.3 is 12.1 Å². The average molecular weight is 476 g/mol. The van der Waals surface area contributed by atoms with E-state index in [1.54, 1.807) is 48.7 Å². The van der Waals surface area contributed by atoms with Crippen molar-refractivity contribution < 1.29 is 27.5 Å². The van der Waals surface area contributed by atoms with Crippen molar-refractivity contribution in [2.45, 2.75) is 12.3 Å². The van der Waals surface area contributed by atoms with E-state index in [4.69, 9.17) is 4.74 Å². The first-order valence-corrected chi connectivity index (χ1v) is 10.6. The summed E-state index contributed by atoms with van der Waals surface area (Å²) in [6, 6.07) is 21.6. The Bertz CT molecular complexity index is 1380. The van der Waals surface area contributed by atoms with Crippen molar-refractivity contribution >= 4 is 34.5 Å². The summed E-state index contributed by atoms with van der Waals surface area (Å²) in [4.78, 5) is 29.9. The molecule has 0 spiro atoms. The molecule has 1 aromatic heterocycles. The van der Waals surface area contributed by atoms with Gasteiger partial charge in [-0.25, -0.2) is 4.79 Å². The molecule has 0 aliphatic carbocycles. The average Bonchev–Trinajstić information content (AvgIpc) is 2.86. The van der Waals surface area contributed by atoms with Gasteiger partial charge in [0.05, 0.1) is 11.1 Å². The van der Waals surface area contributed by atoms with Gasteiger partial charge in [0.1, 0.15) is 0 Å². The van der Waals surface area contributed by atoms with Gasteiger partial charge < -0.3 is 10.1 Å². The lowest BCUT2D eigenvalue weighted by Crippen LogP contribution is -2.25. The van der Waals surface area contributed by atoms with Crippen LogP contribution in [0.15, 0.2) is 97.2 Å². The Morgan fingerprint density at radius 2 is 1.66 bits per heavy atom. The molecule has 35 heavy (non-hydrogen) atoms. The highest BCUT2D eigenvalue weighted by molar-refractivity contribution is 5.98. The summed E-state index contributed by atoms with van der Waals surface area (Å²) in [5.74, 6) is -1.59. The minimum absolute atomic E-state index is 0.0702. The lowest BCUT2D eigenvalue weighted by Gasteiger charge is -2.18. The normalized spacial score (nSPS) is 12.4. The SMILES string of the molecule is O=C(/C=C/c1cccc2cccnc12)OC(C(=O)Nc1cccc(C(F)(F)F)c1)c1ccccc1. The summed E-state index contributed by atoms with van der Waals surface area (Å²) in [6.07, 6.45) is -1.59. The van der Waals surface area contributed by atoms with E-state index in [9.17, 15) is 22.8 Å². The molecule has 0 radical (unpaired) electrons. The Labute approximate surface area is 198 Å². The number of nitrogens with one attached hydrogen (secondary N) is 1. The van der Waals surface area contributed by atoms with E-state index in [0.29, 0.717) is 16.6 Å². The molecule has 1 amide bonds. The summed E-state index contributed by atoms with van der Waals surface area (Å²) in [7, 11) is 0. The maximum Gasteiger partial charge on any atom is 0.416 e. The lowest BCUT2D eigenvalue weighted by atomic mass is 10.1. The Kier molecular flexibility index (Phi) is 6.91. The minimum atomic E-state index is -4.56. The molecule has 1 unspecified atom stereocenters. The van der Waals surface area contributed by atoms with Gasteiger partial charge in [-0.2, -0.15) is 13.2 Å². The molecule has 1 heterocycles. The van der Waals surface area contributed by atoms with Crippen LogP contribution in [0, 0.1) is 0 Å². The quantitative estimate of drug-likeness (QED) is 0.266. The first-order valence-electron chi connectivity index (χ1n) is 10.6. The fraction of sp³-hybridized carbons (Fsp3) is 0.0741. The van der Waals surface area contributed by atoms with E-state index in [0.717, 1.165) is 17.5 Å². The van der Waals surface area contributed by atoms with Crippen molar-refractivity contribution in [3.63, 3.8) is 0 Å². The van der Waals surface area contributed by atoms with Crippen molar-refractivity contribution in [1.82, 2.24) is 4.98 Å². The van der Waals surface area contributed by atoms with Crippen LogP contribution < -0.4 is 5.32 Å². The number of esters is 1. The summed E-state index contributed by atoms with van der Waals surface area (Å²) in [5, 5.41) is 3.30. The Morgan fingerprint density at radius 3 is 2.43 bits per heavy atom. The van der Waals surface area contributed by atoms with E-state index in [1.165, 1.54) is 24.3 Å². The van der Waals surface area contributed by atoms with E-state index in [-0.39, 0.29) is 5.69 Å². The monoisotopic (exact) mass is 476 g/mol. The molecule has 0 aliphatic rings. The number of pyridine rings is 1. The topological polar surface area (TPSA) is 68.3 Å². The minimum Gasteiger partial charge on any atom is -0.444 e. The van der Waals surface area contributed by atoms with E-state index in [2.05, 4.69) is 10.3 Å². The van der Waals surface area contributed by atoms with Crippen LogP contribution in [0.5, 0.6) is 0 Å². The maximum atomic E-state index is 13.0. The molecule has 1 atom stereocenters. The van der Waals surface area contributed by atoms with Crippen LogP contribution in [0.1, 0.15) is 22.8 Å². The second kappa shape index (κ2) is 10.2. The number of hydrogen-bond donors (Lipinski definition) is 1. The standard InChI is InChI=1S/C27H19F3N2O3/c28-27(29,30)21-12-5-13-22(17-21)32-26(34)25(20-7-2-1-3-8-20)35-23(33)15-14-19-10-4-9-18-11-6-16-31-24(18)19/h1-17,25H,(H,32,34)/b15-14+. The number of carbonyl (C=O) groups excluding carboxylic acids is 2. The maximum absolute atomic E-state index is 13.0. The third kappa shape index (κ3) is 5.92. The number of alkyl halides is 3. The highest BCUT2D eigenvalue weighted by Gasteiger charge is 2.31. The van der Waals surface area contributed by atoms with Crippen LogP contribution in [0.4, 0.5) is 18.9 Å². The fourth-order valence-corrected chi connectivity index (χ4v) is 3.46. The summed E-state index contributed by atoms with van der Waals surface area (Å²) in [6.45, 7) is 0. The van der Waals surface area contributed by atoms with Crippen LogP contribution >= 0.6 is 0 Å². The molecule has 1 N–H and O–H groups in total. The summed E-state index contributed by atoms with van der Waals surface area (Å²) in [5.41, 5.74) is 0.769. The zero-order chi connectivity index (χ0) is 24.8. The highest BCUT2D eigenvalue weighted by atomic mass is 19.4. The van der Waals surface area contributed by atoms with Crippen LogP contribution in [-0.2, 0) is 20.5 Å². The number of anilines is 1. The van der Waals surface area contributed by atoms with Gasteiger partial charge in [0.25, 0.3) is 5.91 Å². The first kappa shape index (κ1) is 23.7. The number of hydrogen-bond acceptors (Lipinski definition) is 4. The molecule has 176 valence electrons. The van der Waals surface area contributed by atoms with Crippen LogP contribution in [-0.4, -0.2) is 16.9 Å². The number of para-hydroxylation sites is 1. The molecule has 5 nitrogen and oxygen atoms in total. The summed E-state index contributed by atoms with van der Waals surface area (Å²) >= 11 is 0. The number of benzene rings is 3. The molecule has 0 saturated heterocycles. The molecule has 4 aromatic rings. The molecule has 0 fully saturated rings. The van der Waals surface area contributed by atoms with Gasteiger partial charge in [-0.1, -0.05) is 60.7 Å². The largest absolute Gasteiger partial charge is 0.444 e. The molecular formula is C27H19F3N2O3. The number of rotatable bonds is 6. The number of fused-ring (bicyclic) bond motifs is 1. The van der Waals surface area contributed by atoms with E-state index >= 15 is 0 Å². The van der Waals surface area contributed by atoms with Crippen molar-refractivity contribution in [1.29, 1.82) is 0 Å². The molecule has 8 heteroatoms. The second-order valence-electron chi connectivity index (χ2n) is 7.55. The highest BCUT2D eigenvalue weighted by Crippen LogP contribution is 2.31. The number of halogens is 3. The van der Waals surface area contributed by atoms with E-state index in [1.807, 2.05) is 18.2 Å². The van der Waals surface area contributed by atoms with Gasteiger partial charge in [0.2, 0.25) is 6.10 Å². The number of nitrogens with zero attached hydrogens (tertiary/aromatic N) is 1. The third-order valence-corrected chi connectivity index (χ3v) is 5.09. The fourth-order valence-electron chi connectivity index (χ4n) is 3.46. The number of ether oxygens (including phenoxy) is 1. The van der Waals surface area contributed by atoms with E-state index < -0.39 is 29.7 Å². The van der Waals surface area contributed by atoms with Crippen molar-refractivity contribution in [3.05, 3.63) is 114 Å². The zero-order valence-electron chi connectivity index (χ0n) is 18.2. The molecule has 0 aliphatic heterocycles. The van der Waals surface area contributed by atoms with Crippen molar-refractivity contribution in [2.75, 3.05) is 5.32 Å². The molecule has 4 rings (SSSR count). The van der Waals surface area contributed by atoms with Crippen LogP contribution in [0.25, 0.3) is 17.0 Å². The van der Waals surface area contributed by atoms with Crippen LogP contribution in [0.3, 0.4) is 0 Å². The smallest absolute Gasteiger partial charge is 0.416 e. The molecular weight excluding hydrogens is 457 g/mol. The predicted molar refractivity (Wildman–Crippen MR) is 126 cm³/mol. The van der Waals surface area contributed by atoms with Crippen molar-refractivity contribution in [3.8, 4) is 0 Å². The number of amides is 1. The molecule has 0 saturated carbocycles. The third-order valence-electron chi connectivity index (χ3n) is 5.09. The second-order valence-corrected chi connectivity index (χ2v) is 7.55. The van der Waals surface area contributed by atoms with Gasteiger partial charge in [-0.05, 0) is 30.3 Å². The van der Waals surface area contributed by atoms with Gasteiger partial charge in [-0.3, -0.25) is 9.78 Å². The lowest BCUT2D eigenvalue weighted by molar-refractivity contribution is -0.149. The molecule has 3 aromatic carbocycles. The van der Waals surface area contributed by atoms with Gasteiger partial charge in [-0.15, -0.1) is 0 Å². The Balaban J connectivity index is 1.55.